The highest BCUT2D eigenvalue weighted by Crippen LogP contribution is 2.32. The number of rotatable bonds is 4. The summed E-state index contributed by atoms with van der Waals surface area (Å²) in [6.45, 7) is 10.8. The summed E-state index contributed by atoms with van der Waals surface area (Å²) in [6, 6.07) is 7.10. The van der Waals surface area contributed by atoms with Gasteiger partial charge in [0.1, 0.15) is 11.6 Å². The number of anilines is 3. The van der Waals surface area contributed by atoms with Crippen LogP contribution in [0.4, 0.5) is 17.3 Å². The van der Waals surface area contributed by atoms with E-state index in [2.05, 4.69) is 61.8 Å². The van der Waals surface area contributed by atoms with E-state index in [0.717, 1.165) is 55.4 Å². The fourth-order valence-electron chi connectivity index (χ4n) is 4.31. The van der Waals surface area contributed by atoms with Gasteiger partial charge in [0, 0.05) is 36.4 Å². The zero-order valence-corrected chi connectivity index (χ0v) is 16.9. The Kier molecular flexibility index (Phi) is 4.94. The first-order valence-electron chi connectivity index (χ1n) is 10.3. The van der Waals surface area contributed by atoms with Crippen LogP contribution in [0.2, 0.25) is 0 Å². The van der Waals surface area contributed by atoms with Crippen LogP contribution < -0.4 is 16.0 Å². The van der Waals surface area contributed by atoms with E-state index in [0.29, 0.717) is 17.9 Å². The average Bonchev–Trinajstić information content (AvgIpc) is 2.67. The minimum atomic E-state index is 0.410. The molecule has 0 aliphatic carbocycles. The third-order valence-electron chi connectivity index (χ3n) is 5.77. The molecule has 0 aromatic carbocycles. The third kappa shape index (κ3) is 3.73. The molecule has 5 nitrogen and oxygen atoms in total. The highest BCUT2D eigenvalue weighted by molar-refractivity contribution is 5.66. The van der Waals surface area contributed by atoms with Crippen LogP contribution in [0.25, 0.3) is 0 Å². The minimum Gasteiger partial charge on any atom is -0.380 e. The van der Waals surface area contributed by atoms with Crippen molar-refractivity contribution in [3.8, 4) is 0 Å². The summed E-state index contributed by atoms with van der Waals surface area (Å²) in [6.07, 6.45) is 3.34. The fraction of sp³-hybridized carbons (Fsp3) is 0.545. The number of nitrogens with zero attached hydrogens (tertiary/aromatic N) is 2. The van der Waals surface area contributed by atoms with E-state index in [1.54, 1.807) is 0 Å². The van der Waals surface area contributed by atoms with Gasteiger partial charge in [-0.1, -0.05) is 26.8 Å². The zero-order chi connectivity index (χ0) is 19.0. The van der Waals surface area contributed by atoms with Crippen molar-refractivity contribution in [3.05, 3.63) is 40.7 Å². The molecule has 0 amide bonds. The SMILES string of the molecule is Cc1cc2c(nc1C(C)C)NC(C[C@@H](C)c1ccc3c(n1)NCCN3)CC2. The van der Waals surface area contributed by atoms with Crippen molar-refractivity contribution in [1.29, 1.82) is 0 Å². The zero-order valence-electron chi connectivity index (χ0n) is 16.9. The Balaban J connectivity index is 1.47. The summed E-state index contributed by atoms with van der Waals surface area (Å²) in [5, 5.41) is 10.5. The largest absolute Gasteiger partial charge is 0.380 e. The molecular weight excluding hydrogens is 334 g/mol. The summed E-state index contributed by atoms with van der Waals surface area (Å²) in [7, 11) is 0. The van der Waals surface area contributed by atoms with E-state index in [9.17, 15) is 0 Å². The number of aromatic nitrogens is 2. The molecule has 5 heteroatoms. The maximum Gasteiger partial charge on any atom is 0.149 e. The van der Waals surface area contributed by atoms with Crippen LogP contribution in [0.5, 0.6) is 0 Å². The van der Waals surface area contributed by atoms with Crippen molar-refractivity contribution in [3.63, 3.8) is 0 Å². The minimum absolute atomic E-state index is 0.410. The first kappa shape index (κ1) is 18.1. The quantitative estimate of drug-likeness (QED) is 0.735. The first-order valence-corrected chi connectivity index (χ1v) is 10.3. The van der Waals surface area contributed by atoms with Gasteiger partial charge in [-0.25, -0.2) is 9.97 Å². The maximum atomic E-state index is 4.96. The van der Waals surface area contributed by atoms with Crippen molar-refractivity contribution in [2.45, 2.75) is 64.8 Å². The molecule has 2 aliphatic heterocycles. The molecule has 2 aliphatic rings. The standard InChI is InChI=1S/C22H31N5/c1-13(2)20-15(4)11-16-5-6-17(25-21(16)27-20)12-14(3)18-7-8-19-22(26-18)24-10-9-23-19/h7-8,11,13-14,17,23H,5-6,9-10,12H2,1-4H3,(H,24,26)(H,25,27)/t14-,17?/m1/s1. The Bertz CT molecular complexity index is 830. The van der Waals surface area contributed by atoms with Crippen molar-refractivity contribution in [1.82, 2.24) is 9.97 Å². The monoisotopic (exact) mass is 365 g/mol. The highest BCUT2D eigenvalue weighted by Gasteiger charge is 2.24. The molecule has 4 heterocycles. The Morgan fingerprint density at radius 3 is 2.70 bits per heavy atom. The first-order chi connectivity index (χ1) is 13.0. The van der Waals surface area contributed by atoms with E-state index >= 15 is 0 Å². The molecule has 0 saturated heterocycles. The Morgan fingerprint density at radius 1 is 1.07 bits per heavy atom. The van der Waals surface area contributed by atoms with Gasteiger partial charge in [-0.3, -0.25) is 0 Å². The van der Waals surface area contributed by atoms with Crippen molar-refractivity contribution >= 4 is 17.3 Å². The van der Waals surface area contributed by atoms with Crippen LogP contribution in [-0.4, -0.2) is 29.1 Å². The van der Waals surface area contributed by atoms with Crippen molar-refractivity contribution in [2.24, 2.45) is 0 Å². The third-order valence-corrected chi connectivity index (χ3v) is 5.77. The predicted molar refractivity (Wildman–Crippen MR) is 113 cm³/mol. The van der Waals surface area contributed by atoms with Crippen LogP contribution >= 0.6 is 0 Å². The lowest BCUT2D eigenvalue weighted by molar-refractivity contribution is 0.526. The molecule has 2 aromatic heterocycles. The molecule has 0 fully saturated rings. The number of hydrogen-bond donors (Lipinski definition) is 3. The molecule has 144 valence electrons. The second-order valence-corrected chi connectivity index (χ2v) is 8.36. The van der Waals surface area contributed by atoms with E-state index in [-0.39, 0.29) is 0 Å². The summed E-state index contributed by atoms with van der Waals surface area (Å²) in [5.74, 6) is 2.95. The van der Waals surface area contributed by atoms with Gasteiger partial charge >= 0.3 is 0 Å². The van der Waals surface area contributed by atoms with Gasteiger partial charge in [0.15, 0.2) is 0 Å². The molecular formula is C22H31N5. The number of aryl methyl sites for hydroxylation is 2. The van der Waals surface area contributed by atoms with E-state index in [1.807, 2.05) is 0 Å². The smallest absolute Gasteiger partial charge is 0.149 e. The van der Waals surface area contributed by atoms with Crippen molar-refractivity contribution in [2.75, 3.05) is 29.0 Å². The lowest BCUT2D eigenvalue weighted by Gasteiger charge is -2.29. The average molecular weight is 366 g/mol. The lowest BCUT2D eigenvalue weighted by Crippen LogP contribution is -2.28. The van der Waals surface area contributed by atoms with E-state index in [4.69, 9.17) is 9.97 Å². The number of hydrogen-bond acceptors (Lipinski definition) is 5. The second-order valence-electron chi connectivity index (χ2n) is 8.36. The van der Waals surface area contributed by atoms with Crippen molar-refractivity contribution < 1.29 is 0 Å². The molecule has 0 radical (unpaired) electrons. The summed E-state index contributed by atoms with van der Waals surface area (Å²) < 4.78 is 0. The number of nitrogens with one attached hydrogen (secondary N) is 3. The lowest BCUT2D eigenvalue weighted by atomic mass is 9.90. The maximum absolute atomic E-state index is 4.96. The van der Waals surface area contributed by atoms with Gasteiger partial charge in [-0.05, 0) is 55.4 Å². The van der Waals surface area contributed by atoms with Crippen LogP contribution in [0.15, 0.2) is 18.2 Å². The predicted octanol–water partition coefficient (Wildman–Crippen LogP) is 4.67. The van der Waals surface area contributed by atoms with Crippen LogP contribution in [-0.2, 0) is 6.42 Å². The van der Waals surface area contributed by atoms with E-state index < -0.39 is 0 Å². The van der Waals surface area contributed by atoms with Crippen LogP contribution in [0, 0.1) is 6.92 Å². The van der Waals surface area contributed by atoms with Gasteiger partial charge in [0.2, 0.25) is 0 Å². The molecule has 4 rings (SSSR count). The molecule has 27 heavy (non-hydrogen) atoms. The van der Waals surface area contributed by atoms with Gasteiger partial charge in [-0.15, -0.1) is 0 Å². The molecule has 0 bridgehead atoms. The highest BCUT2D eigenvalue weighted by atomic mass is 15.1. The molecule has 2 aromatic rings. The molecule has 2 atom stereocenters. The second kappa shape index (κ2) is 7.37. The van der Waals surface area contributed by atoms with Gasteiger partial charge in [-0.2, -0.15) is 0 Å². The Morgan fingerprint density at radius 2 is 1.89 bits per heavy atom. The summed E-state index contributed by atoms with van der Waals surface area (Å²) >= 11 is 0. The summed E-state index contributed by atoms with van der Waals surface area (Å²) in [5.41, 5.74) is 6.17. The Labute approximate surface area is 162 Å². The van der Waals surface area contributed by atoms with Crippen LogP contribution in [0.1, 0.15) is 68.0 Å². The van der Waals surface area contributed by atoms with Gasteiger partial charge in [0.05, 0.1) is 5.69 Å². The fourth-order valence-corrected chi connectivity index (χ4v) is 4.31. The number of pyridine rings is 2. The van der Waals surface area contributed by atoms with E-state index in [1.165, 1.54) is 16.8 Å². The molecule has 0 saturated carbocycles. The van der Waals surface area contributed by atoms with Gasteiger partial charge in [0.25, 0.3) is 0 Å². The normalized spacial score (nSPS) is 19.4. The molecule has 0 spiro atoms. The van der Waals surface area contributed by atoms with Crippen LogP contribution in [0.3, 0.4) is 0 Å². The molecule has 1 unspecified atom stereocenters. The topological polar surface area (TPSA) is 61.9 Å². The number of fused-ring (bicyclic) bond motifs is 2. The summed E-state index contributed by atoms with van der Waals surface area (Å²) in [4.78, 5) is 9.81. The molecule has 3 N–H and O–H groups in total. The van der Waals surface area contributed by atoms with Gasteiger partial charge < -0.3 is 16.0 Å². The Hall–Kier alpha value is -2.30.